The molecule has 1 aliphatic heterocycles. The third-order valence-corrected chi connectivity index (χ3v) is 4.88. The molecule has 0 unspecified atom stereocenters. The molecule has 1 amide bonds. The predicted octanol–water partition coefficient (Wildman–Crippen LogP) is 4.16. The molecule has 1 aliphatic rings. The minimum atomic E-state index is -0.174. The maximum absolute atomic E-state index is 12.3. The molecule has 2 aromatic carbocycles. The van der Waals surface area contributed by atoms with Crippen molar-refractivity contribution >= 4 is 34.6 Å². The van der Waals surface area contributed by atoms with Gasteiger partial charge < -0.3 is 14.8 Å². The van der Waals surface area contributed by atoms with Gasteiger partial charge in [-0.25, -0.2) is 4.99 Å². The molecule has 134 valence electrons. The second-order valence-electron chi connectivity index (χ2n) is 5.57. The first-order chi connectivity index (χ1) is 12.6. The van der Waals surface area contributed by atoms with Crippen molar-refractivity contribution in [3.8, 4) is 11.5 Å². The molecule has 1 heterocycles. The molecule has 3 rings (SSSR count). The molecule has 0 spiro atoms. The number of ether oxygens (including phenoxy) is 2. The molecule has 0 radical (unpaired) electrons. The van der Waals surface area contributed by atoms with Gasteiger partial charge in [0.2, 0.25) is 0 Å². The number of nitrogens with one attached hydrogen (secondary N) is 1. The lowest BCUT2D eigenvalue weighted by molar-refractivity contribution is -0.115. The van der Waals surface area contributed by atoms with Gasteiger partial charge in [0.05, 0.1) is 24.8 Å². The first-order valence-electron chi connectivity index (χ1n) is 8.24. The van der Waals surface area contributed by atoms with E-state index in [0.29, 0.717) is 21.6 Å². The summed E-state index contributed by atoms with van der Waals surface area (Å²) < 4.78 is 10.6. The van der Waals surface area contributed by atoms with Crippen LogP contribution in [0.4, 0.5) is 5.69 Å². The van der Waals surface area contributed by atoms with Crippen LogP contribution in [0.5, 0.6) is 11.5 Å². The summed E-state index contributed by atoms with van der Waals surface area (Å²) in [6, 6.07) is 13.4. The number of amides is 1. The number of rotatable bonds is 5. The van der Waals surface area contributed by atoms with Crippen LogP contribution in [0.25, 0.3) is 6.08 Å². The van der Waals surface area contributed by atoms with Gasteiger partial charge in [-0.1, -0.05) is 25.1 Å². The summed E-state index contributed by atoms with van der Waals surface area (Å²) in [5.74, 6) is 1.20. The SMILES string of the molecule is CCc1ccccc1N=C1NC(=O)/C(=C/c2cc(OC)ccc2OC)S1. The van der Waals surface area contributed by atoms with Crippen LogP contribution < -0.4 is 14.8 Å². The average molecular weight is 368 g/mol. The van der Waals surface area contributed by atoms with Gasteiger partial charge >= 0.3 is 0 Å². The van der Waals surface area contributed by atoms with E-state index in [1.165, 1.54) is 11.8 Å². The second kappa shape index (κ2) is 8.10. The van der Waals surface area contributed by atoms with Crippen molar-refractivity contribution in [2.75, 3.05) is 14.2 Å². The van der Waals surface area contributed by atoms with E-state index in [4.69, 9.17) is 9.47 Å². The van der Waals surface area contributed by atoms with Crippen molar-refractivity contribution in [3.63, 3.8) is 0 Å². The van der Waals surface area contributed by atoms with E-state index < -0.39 is 0 Å². The van der Waals surface area contributed by atoms with E-state index in [-0.39, 0.29) is 5.91 Å². The molecular formula is C20H20N2O3S. The smallest absolute Gasteiger partial charge is 0.264 e. The Bertz CT molecular complexity index is 890. The fourth-order valence-corrected chi connectivity index (χ4v) is 3.43. The van der Waals surface area contributed by atoms with E-state index in [2.05, 4.69) is 17.2 Å². The molecule has 1 saturated heterocycles. The van der Waals surface area contributed by atoms with Crippen LogP contribution in [0.1, 0.15) is 18.1 Å². The zero-order chi connectivity index (χ0) is 18.5. The summed E-state index contributed by atoms with van der Waals surface area (Å²) in [5.41, 5.74) is 2.79. The lowest BCUT2D eigenvalue weighted by atomic mass is 10.1. The number of nitrogens with zero attached hydrogens (tertiary/aromatic N) is 1. The van der Waals surface area contributed by atoms with Crippen LogP contribution >= 0.6 is 11.8 Å². The topological polar surface area (TPSA) is 59.9 Å². The quantitative estimate of drug-likeness (QED) is 0.805. The molecule has 6 heteroatoms. The first kappa shape index (κ1) is 18.1. The van der Waals surface area contributed by atoms with Gasteiger partial charge in [-0.15, -0.1) is 0 Å². The first-order valence-corrected chi connectivity index (χ1v) is 9.05. The number of hydrogen-bond acceptors (Lipinski definition) is 5. The summed E-state index contributed by atoms with van der Waals surface area (Å²) in [7, 11) is 3.20. The lowest BCUT2D eigenvalue weighted by Gasteiger charge is -2.07. The highest BCUT2D eigenvalue weighted by Gasteiger charge is 2.24. The largest absolute Gasteiger partial charge is 0.497 e. The number of amidine groups is 1. The van der Waals surface area contributed by atoms with Gasteiger partial charge in [-0.2, -0.15) is 0 Å². The van der Waals surface area contributed by atoms with Crippen LogP contribution in [-0.4, -0.2) is 25.3 Å². The fraction of sp³-hybridized carbons (Fsp3) is 0.200. The highest BCUT2D eigenvalue weighted by atomic mass is 32.2. The number of aryl methyl sites for hydroxylation is 1. The van der Waals surface area contributed by atoms with E-state index >= 15 is 0 Å². The van der Waals surface area contributed by atoms with Gasteiger partial charge in [-0.05, 0) is 54.1 Å². The Morgan fingerprint density at radius 2 is 1.96 bits per heavy atom. The summed E-state index contributed by atoms with van der Waals surface area (Å²) in [4.78, 5) is 17.5. The third-order valence-electron chi connectivity index (χ3n) is 3.97. The number of hydrogen-bond donors (Lipinski definition) is 1. The lowest BCUT2D eigenvalue weighted by Crippen LogP contribution is -2.19. The van der Waals surface area contributed by atoms with Crippen LogP contribution in [0.2, 0.25) is 0 Å². The predicted molar refractivity (Wildman–Crippen MR) is 106 cm³/mol. The van der Waals surface area contributed by atoms with E-state index in [9.17, 15) is 4.79 Å². The monoisotopic (exact) mass is 368 g/mol. The highest BCUT2D eigenvalue weighted by molar-refractivity contribution is 8.18. The maximum atomic E-state index is 12.3. The molecule has 0 atom stereocenters. The minimum absolute atomic E-state index is 0.174. The normalized spacial score (nSPS) is 16.8. The average Bonchev–Trinajstić information content (AvgIpc) is 3.01. The van der Waals surface area contributed by atoms with Crippen molar-refractivity contribution in [1.29, 1.82) is 0 Å². The molecule has 0 aromatic heterocycles. The van der Waals surface area contributed by atoms with Crippen molar-refractivity contribution < 1.29 is 14.3 Å². The molecule has 5 nitrogen and oxygen atoms in total. The van der Waals surface area contributed by atoms with Gasteiger partial charge in [0, 0.05) is 5.56 Å². The van der Waals surface area contributed by atoms with E-state index in [1.54, 1.807) is 20.3 Å². The Balaban J connectivity index is 1.91. The Labute approximate surface area is 157 Å². The second-order valence-corrected chi connectivity index (χ2v) is 6.60. The minimum Gasteiger partial charge on any atom is -0.497 e. The number of para-hydroxylation sites is 1. The summed E-state index contributed by atoms with van der Waals surface area (Å²) in [5, 5.41) is 3.40. The van der Waals surface area contributed by atoms with Gasteiger partial charge in [0.25, 0.3) is 5.91 Å². The fourth-order valence-electron chi connectivity index (χ4n) is 2.60. The molecule has 1 N–H and O–H groups in total. The third kappa shape index (κ3) is 3.91. The van der Waals surface area contributed by atoms with Crippen LogP contribution in [-0.2, 0) is 11.2 Å². The Hall–Kier alpha value is -2.73. The summed E-state index contributed by atoms with van der Waals surface area (Å²) in [6.07, 6.45) is 2.67. The zero-order valence-corrected chi connectivity index (χ0v) is 15.7. The van der Waals surface area contributed by atoms with Gasteiger partial charge in [-0.3, -0.25) is 4.79 Å². The van der Waals surface area contributed by atoms with Gasteiger partial charge in [0.15, 0.2) is 5.17 Å². The zero-order valence-electron chi connectivity index (χ0n) is 14.9. The van der Waals surface area contributed by atoms with E-state index in [1.807, 2.05) is 42.5 Å². The maximum Gasteiger partial charge on any atom is 0.264 e. The Morgan fingerprint density at radius 1 is 1.15 bits per heavy atom. The molecule has 0 bridgehead atoms. The number of carbonyl (C=O) groups excluding carboxylic acids is 1. The van der Waals surface area contributed by atoms with Crippen molar-refractivity contribution in [2.24, 2.45) is 4.99 Å². The number of benzene rings is 2. The van der Waals surface area contributed by atoms with Crippen LogP contribution in [0.3, 0.4) is 0 Å². The van der Waals surface area contributed by atoms with Crippen LogP contribution in [0, 0.1) is 0 Å². The number of carbonyl (C=O) groups is 1. The van der Waals surface area contributed by atoms with E-state index in [0.717, 1.165) is 23.2 Å². The number of aliphatic imine (C=N–C) groups is 1. The molecule has 1 fully saturated rings. The molecule has 26 heavy (non-hydrogen) atoms. The van der Waals surface area contributed by atoms with Crippen LogP contribution in [0.15, 0.2) is 52.4 Å². The standard InChI is InChI=1S/C20H20N2O3S/c1-4-13-7-5-6-8-16(13)21-20-22-19(23)18(26-20)12-14-11-15(24-2)9-10-17(14)25-3/h5-12H,4H2,1-3H3,(H,21,22,23)/b18-12-. The highest BCUT2D eigenvalue weighted by Crippen LogP contribution is 2.32. The van der Waals surface area contributed by atoms with Crippen molar-refractivity contribution in [1.82, 2.24) is 5.32 Å². The molecule has 2 aromatic rings. The van der Waals surface area contributed by atoms with Gasteiger partial charge in [0.1, 0.15) is 11.5 Å². The Morgan fingerprint density at radius 3 is 2.69 bits per heavy atom. The molecule has 0 aliphatic carbocycles. The number of methoxy groups -OCH3 is 2. The van der Waals surface area contributed by atoms with Crippen molar-refractivity contribution in [2.45, 2.75) is 13.3 Å². The molecular weight excluding hydrogens is 348 g/mol. The summed E-state index contributed by atoms with van der Waals surface area (Å²) >= 11 is 1.31. The number of thioether (sulfide) groups is 1. The summed E-state index contributed by atoms with van der Waals surface area (Å²) in [6.45, 7) is 2.08. The molecule has 0 saturated carbocycles. The Kier molecular flexibility index (Phi) is 5.63. The van der Waals surface area contributed by atoms with Crippen molar-refractivity contribution in [3.05, 3.63) is 58.5 Å².